The predicted molar refractivity (Wildman–Crippen MR) is 87.9 cm³/mol. The Morgan fingerprint density at radius 2 is 1.84 bits per heavy atom. The van der Waals surface area contributed by atoms with Crippen LogP contribution in [0.3, 0.4) is 0 Å². The Hall–Kier alpha value is -3.10. The van der Waals surface area contributed by atoms with Gasteiger partial charge in [-0.05, 0) is 31.2 Å². The van der Waals surface area contributed by atoms with Gasteiger partial charge in [-0.15, -0.1) is 0 Å². The molecule has 1 rings (SSSR count). The minimum atomic E-state index is -1.16. The van der Waals surface area contributed by atoms with Gasteiger partial charge in [-0.2, -0.15) is 0 Å². The molecule has 1 atom stereocenters. The molecule has 1 aromatic rings. The number of primary amides is 1. The Balaban J connectivity index is 2.68. The number of nitrogens with zero attached hydrogens (tertiary/aromatic N) is 1. The first-order chi connectivity index (χ1) is 11.7. The summed E-state index contributed by atoms with van der Waals surface area (Å²) in [6.07, 6.45) is 0. The van der Waals surface area contributed by atoms with Crippen LogP contribution in [0.25, 0.3) is 0 Å². The smallest absolute Gasteiger partial charge is 0.326 e. The number of amides is 3. The molecule has 0 aliphatic carbocycles. The molecule has 0 saturated heterocycles. The number of ether oxygens (including phenoxy) is 1. The third-order valence-electron chi connectivity index (χ3n) is 3.37. The zero-order chi connectivity index (χ0) is 19.0. The van der Waals surface area contributed by atoms with E-state index in [4.69, 9.17) is 15.6 Å². The molecule has 0 spiro atoms. The number of nitrogens with one attached hydrogen (secondary N) is 1. The van der Waals surface area contributed by atoms with Crippen LogP contribution in [0.4, 0.5) is 0 Å². The molecule has 0 fully saturated rings. The summed E-state index contributed by atoms with van der Waals surface area (Å²) in [6, 6.07) is 4.81. The largest absolute Gasteiger partial charge is 0.484 e. The van der Waals surface area contributed by atoms with Crippen LogP contribution >= 0.6 is 0 Å². The number of carboxylic acid groups (broad SMARTS) is 1. The van der Waals surface area contributed by atoms with Gasteiger partial charge in [0.25, 0.3) is 5.91 Å². The summed E-state index contributed by atoms with van der Waals surface area (Å²) in [6.45, 7) is 2.48. The number of hydrogen-bond acceptors (Lipinski definition) is 5. The highest BCUT2D eigenvalue weighted by atomic mass is 16.5. The topological polar surface area (TPSA) is 139 Å². The second kappa shape index (κ2) is 9.26. The van der Waals surface area contributed by atoms with Gasteiger partial charge in [0, 0.05) is 25.6 Å². The van der Waals surface area contributed by atoms with Gasteiger partial charge >= 0.3 is 5.97 Å². The highest BCUT2D eigenvalue weighted by Gasteiger charge is 2.25. The molecular formula is C16H21N3O6. The molecule has 1 unspecified atom stereocenters. The maximum Gasteiger partial charge on any atom is 0.326 e. The van der Waals surface area contributed by atoms with Gasteiger partial charge in [-0.1, -0.05) is 0 Å². The summed E-state index contributed by atoms with van der Waals surface area (Å²) < 4.78 is 5.32. The molecule has 0 aliphatic rings. The van der Waals surface area contributed by atoms with Crippen LogP contribution in [-0.2, 0) is 14.4 Å². The van der Waals surface area contributed by atoms with Gasteiger partial charge in [0.1, 0.15) is 11.8 Å². The first-order valence-corrected chi connectivity index (χ1v) is 7.51. The van der Waals surface area contributed by atoms with Gasteiger partial charge in [0.05, 0.1) is 0 Å². The monoisotopic (exact) mass is 351 g/mol. The molecule has 136 valence electrons. The molecule has 0 aliphatic heterocycles. The molecule has 9 nitrogen and oxygen atoms in total. The van der Waals surface area contributed by atoms with E-state index in [1.807, 2.05) is 0 Å². The minimum absolute atomic E-state index is 0.0376. The molecule has 25 heavy (non-hydrogen) atoms. The first kappa shape index (κ1) is 19.9. The Kier molecular flexibility index (Phi) is 7.39. The fourth-order valence-electron chi connectivity index (χ4n) is 1.96. The van der Waals surface area contributed by atoms with Crippen LogP contribution in [0.15, 0.2) is 24.3 Å². The minimum Gasteiger partial charge on any atom is -0.484 e. The second-order valence-corrected chi connectivity index (χ2v) is 5.26. The van der Waals surface area contributed by atoms with Crippen molar-refractivity contribution in [2.24, 2.45) is 5.73 Å². The summed E-state index contributed by atoms with van der Waals surface area (Å²) in [4.78, 5) is 46.4. The molecule has 0 radical (unpaired) electrons. The molecule has 0 bridgehead atoms. The SMILES string of the molecule is CC(=O)NCCN(C(=O)COc1ccc(C(N)=O)cc1)C(C)C(=O)O. The molecule has 0 saturated carbocycles. The average molecular weight is 351 g/mol. The average Bonchev–Trinajstić information content (AvgIpc) is 2.56. The van der Waals surface area contributed by atoms with Crippen LogP contribution in [0, 0.1) is 0 Å². The lowest BCUT2D eigenvalue weighted by Crippen LogP contribution is -2.48. The van der Waals surface area contributed by atoms with Crippen molar-refractivity contribution in [3.05, 3.63) is 29.8 Å². The first-order valence-electron chi connectivity index (χ1n) is 7.51. The number of aliphatic carboxylic acids is 1. The summed E-state index contributed by atoms with van der Waals surface area (Å²) >= 11 is 0. The van der Waals surface area contributed by atoms with Crippen molar-refractivity contribution >= 4 is 23.7 Å². The van der Waals surface area contributed by atoms with Crippen molar-refractivity contribution in [3.8, 4) is 5.75 Å². The van der Waals surface area contributed by atoms with E-state index < -0.39 is 23.8 Å². The molecule has 1 aromatic carbocycles. The number of nitrogens with two attached hydrogens (primary N) is 1. The van der Waals surface area contributed by atoms with Crippen molar-refractivity contribution in [2.75, 3.05) is 19.7 Å². The quantitative estimate of drug-likeness (QED) is 0.553. The van der Waals surface area contributed by atoms with E-state index in [2.05, 4.69) is 5.32 Å². The Morgan fingerprint density at radius 3 is 2.32 bits per heavy atom. The van der Waals surface area contributed by atoms with Crippen molar-refractivity contribution < 1.29 is 29.0 Å². The van der Waals surface area contributed by atoms with Crippen LogP contribution in [-0.4, -0.2) is 59.4 Å². The Labute approximate surface area is 144 Å². The lowest BCUT2D eigenvalue weighted by Gasteiger charge is -2.26. The number of carbonyl (C=O) groups excluding carboxylic acids is 3. The molecular weight excluding hydrogens is 330 g/mol. The van der Waals surface area contributed by atoms with E-state index in [9.17, 15) is 19.2 Å². The highest BCUT2D eigenvalue weighted by molar-refractivity contribution is 5.92. The second-order valence-electron chi connectivity index (χ2n) is 5.26. The third-order valence-corrected chi connectivity index (χ3v) is 3.37. The predicted octanol–water partition coefficient (Wildman–Crippen LogP) is -0.398. The van der Waals surface area contributed by atoms with E-state index in [1.54, 1.807) is 0 Å². The maximum atomic E-state index is 12.3. The lowest BCUT2D eigenvalue weighted by atomic mass is 10.2. The normalized spacial score (nSPS) is 11.3. The molecule has 4 N–H and O–H groups in total. The fourth-order valence-corrected chi connectivity index (χ4v) is 1.96. The van der Waals surface area contributed by atoms with E-state index >= 15 is 0 Å². The summed E-state index contributed by atoms with van der Waals surface area (Å²) in [5.41, 5.74) is 5.43. The van der Waals surface area contributed by atoms with Gasteiger partial charge in [0.15, 0.2) is 6.61 Å². The number of rotatable bonds is 9. The molecule has 0 heterocycles. The molecule has 3 amide bonds. The standard InChI is InChI=1S/C16H21N3O6/c1-10(16(23)24)19(8-7-18-11(2)20)14(21)9-25-13-5-3-12(4-6-13)15(17)22/h3-6,10H,7-9H2,1-2H3,(H2,17,22)(H,18,20)(H,23,24). The number of benzene rings is 1. The summed E-state index contributed by atoms with van der Waals surface area (Å²) in [5, 5.41) is 11.6. The van der Waals surface area contributed by atoms with Crippen molar-refractivity contribution in [2.45, 2.75) is 19.9 Å². The number of hydrogen-bond donors (Lipinski definition) is 3. The zero-order valence-corrected chi connectivity index (χ0v) is 14.0. The van der Waals surface area contributed by atoms with Crippen LogP contribution in [0.1, 0.15) is 24.2 Å². The number of carbonyl (C=O) groups is 4. The van der Waals surface area contributed by atoms with Crippen LogP contribution < -0.4 is 15.8 Å². The Morgan fingerprint density at radius 1 is 1.24 bits per heavy atom. The third kappa shape index (κ3) is 6.50. The highest BCUT2D eigenvalue weighted by Crippen LogP contribution is 2.12. The van der Waals surface area contributed by atoms with Gasteiger partial charge < -0.3 is 25.8 Å². The summed E-state index contributed by atoms with van der Waals surface area (Å²) in [7, 11) is 0. The van der Waals surface area contributed by atoms with Crippen LogP contribution in [0.5, 0.6) is 5.75 Å². The van der Waals surface area contributed by atoms with Crippen molar-refractivity contribution in [1.82, 2.24) is 10.2 Å². The van der Waals surface area contributed by atoms with Crippen molar-refractivity contribution in [1.29, 1.82) is 0 Å². The lowest BCUT2D eigenvalue weighted by molar-refractivity contribution is -0.150. The molecule has 0 aromatic heterocycles. The summed E-state index contributed by atoms with van der Waals surface area (Å²) in [5.74, 6) is -2.23. The van der Waals surface area contributed by atoms with Gasteiger partial charge in [-0.25, -0.2) is 4.79 Å². The fraction of sp³-hybridized carbons (Fsp3) is 0.375. The van der Waals surface area contributed by atoms with Gasteiger partial charge in [0.2, 0.25) is 11.8 Å². The zero-order valence-electron chi connectivity index (χ0n) is 14.0. The Bertz CT molecular complexity index is 644. The van der Waals surface area contributed by atoms with E-state index in [0.717, 1.165) is 4.90 Å². The van der Waals surface area contributed by atoms with E-state index in [1.165, 1.54) is 38.1 Å². The van der Waals surface area contributed by atoms with Gasteiger partial charge in [-0.3, -0.25) is 14.4 Å². The maximum absolute atomic E-state index is 12.3. The van der Waals surface area contributed by atoms with E-state index in [-0.39, 0.29) is 25.6 Å². The van der Waals surface area contributed by atoms with E-state index in [0.29, 0.717) is 11.3 Å². The van der Waals surface area contributed by atoms with Crippen molar-refractivity contribution in [3.63, 3.8) is 0 Å². The number of carboxylic acids is 1. The molecule has 9 heteroatoms. The van der Waals surface area contributed by atoms with Crippen LogP contribution in [0.2, 0.25) is 0 Å².